The molecule has 10 nitrogen and oxygen atoms in total. The first-order valence-corrected chi connectivity index (χ1v) is 12.3. The molecule has 0 rings (SSSR count). The van der Waals surface area contributed by atoms with E-state index in [1.54, 1.807) is 0 Å². The number of thioether (sulfide) groups is 1. The van der Waals surface area contributed by atoms with Crippen LogP contribution in [-0.4, -0.2) is 76.2 Å². The number of carbonyl (C=O) groups excluding carboxylic acids is 3. The summed E-state index contributed by atoms with van der Waals surface area (Å²) in [7, 11) is 0. The molecule has 0 saturated carbocycles. The zero-order chi connectivity index (χ0) is 25.0. The predicted octanol–water partition coefficient (Wildman–Crippen LogP) is 0.0788. The number of nitrogens with two attached hydrogens (primary N) is 1. The van der Waals surface area contributed by atoms with Gasteiger partial charge < -0.3 is 31.9 Å². The smallest absolute Gasteiger partial charge is 0.326 e. The van der Waals surface area contributed by atoms with Gasteiger partial charge in [-0.15, -0.1) is 0 Å². The van der Waals surface area contributed by atoms with Crippen molar-refractivity contribution >= 4 is 35.5 Å². The standard InChI is InChI=1S/C21H40N4O6S/c1-11(2)9-15(19(28)24-16(21(30)31)10-12(3)4)23-20(29)17(13(5)26)25-18(27)14(22)7-8-32-6/h11-17,26H,7-10,22H2,1-6H3,(H,23,29)(H,24,28)(H,25,27)(H,30,31). The number of carboxylic acid groups (broad SMARTS) is 1. The van der Waals surface area contributed by atoms with E-state index in [2.05, 4.69) is 16.0 Å². The lowest BCUT2D eigenvalue weighted by Gasteiger charge is -2.27. The average Bonchev–Trinajstić information content (AvgIpc) is 2.67. The number of carboxylic acids is 1. The van der Waals surface area contributed by atoms with Crippen LogP contribution in [0.1, 0.15) is 53.9 Å². The quantitative estimate of drug-likeness (QED) is 0.193. The largest absolute Gasteiger partial charge is 0.480 e. The Kier molecular flexibility index (Phi) is 14.2. The highest BCUT2D eigenvalue weighted by atomic mass is 32.2. The van der Waals surface area contributed by atoms with Gasteiger partial charge in [-0.25, -0.2) is 4.79 Å². The van der Waals surface area contributed by atoms with Crippen LogP contribution in [0.15, 0.2) is 0 Å². The van der Waals surface area contributed by atoms with Crippen molar-refractivity contribution in [1.82, 2.24) is 16.0 Å². The maximum atomic E-state index is 12.8. The van der Waals surface area contributed by atoms with Gasteiger partial charge in [0.05, 0.1) is 12.1 Å². The lowest BCUT2D eigenvalue weighted by atomic mass is 10.00. The molecule has 3 amide bonds. The summed E-state index contributed by atoms with van der Waals surface area (Å²) < 4.78 is 0. The first kappa shape index (κ1) is 30.1. The summed E-state index contributed by atoms with van der Waals surface area (Å²) in [6.45, 7) is 8.74. The molecule has 0 bridgehead atoms. The van der Waals surface area contributed by atoms with Crippen molar-refractivity contribution in [3.63, 3.8) is 0 Å². The van der Waals surface area contributed by atoms with Crippen molar-refractivity contribution < 1.29 is 29.4 Å². The highest BCUT2D eigenvalue weighted by molar-refractivity contribution is 7.98. The van der Waals surface area contributed by atoms with Crippen molar-refractivity contribution in [2.75, 3.05) is 12.0 Å². The molecule has 0 aromatic carbocycles. The summed E-state index contributed by atoms with van der Waals surface area (Å²) in [6, 6.07) is -4.26. The fourth-order valence-electron chi connectivity index (χ4n) is 2.97. The van der Waals surface area contributed by atoms with Gasteiger partial charge in [0.25, 0.3) is 0 Å². The minimum Gasteiger partial charge on any atom is -0.480 e. The van der Waals surface area contributed by atoms with Gasteiger partial charge in [0, 0.05) is 0 Å². The third-order valence-corrected chi connectivity index (χ3v) is 5.34. The molecule has 11 heteroatoms. The van der Waals surface area contributed by atoms with Gasteiger partial charge >= 0.3 is 5.97 Å². The van der Waals surface area contributed by atoms with Gasteiger partial charge in [-0.1, -0.05) is 27.7 Å². The lowest BCUT2D eigenvalue weighted by molar-refractivity contribution is -0.143. The number of carbonyl (C=O) groups is 4. The van der Waals surface area contributed by atoms with Crippen LogP contribution < -0.4 is 21.7 Å². The fraction of sp³-hybridized carbons (Fsp3) is 0.810. The molecule has 0 aromatic rings. The normalized spacial score (nSPS) is 16.1. The highest BCUT2D eigenvalue weighted by Gasteiger charge is 2.32. The number of amides is 3. The molecule has 0 heterocycles. The van der Waals surface area contributed by atoms with Crippen LogP contribution in [0.2, 0.25) is 0 Å². The van der Waals surface area contributed by atoms with E-state index in [-0.39, 0.29) is 24.7 Å². The number of hydrogen-bond donors (Lipinski definition) is 6. The monoisotopic (exact) mass is 476 g/mol. The topological polar surface area (TPSA) is 171 Å². The number of aliphatic carboxylic acids is 1. The second-order valence-electron chi connectivity index (χ2n) is 8.83. The second-order valence-corrected chi connectivity index (χ2v) is 9.82. The second kappa shape index (κ2) is 15.1. The Labute approximate surface area is 194 Å². The van der Waals surface area contributed by atoms with Gasteiger partial charge in [-0.05, 0) is 50.0 Å². The summed E-state index contributed by atoms with van der Waals surface area (Å²) in [5.74, 6) is -2.39. The summed E-state index contributed by atoms with van der Waals surface area (Å²) in [4.78, 5) is 49.4. The number of aliphatic hydroxyl groups excluding tert-OH is 1. The van der Waals surface area contributed by atoms with Crippen LogP contribution in [0.25, 0.3) is 0 Å². The number of aliphatic hydroxyl groups is 1. The van der Waals surface area contributed by atoms with Gasteiger partial charge in [0.1, 0.15) is 18.1 Å². The van der Waals surface area contributed by atoms with Crippen molar-refractivity contribution in [1.29, 1.82) is 0 Å². The van der Waals surface area contributed by atoms with Crippen LogP contribution in [0.5, 0.6) is 0 Å². The van der Waals surface area contributed by atoms with Gasteiger partial charge in [0.15, 0.2) is 0 Å². The lowest BCUT2D eigenvalue weighted by Crippen LogP contribution is -2.60. The zero-order valence-corrected chi connectivity index (χ0v) is 20.7. The minimum atomic E-state index is -1.31. The Balaban J connectivity index is 5.38. The molecule has 0 aromatic heterocycles. The molecule has 0 fully saturated rings. The first-order valence-electron chi connectivity index (χ1n) is 10.9. The van der Waals surface area contributed by atoms with E-state index in [9.17, 15) is 29.4 Å². The predicted molar refractivity (Wildman–Crippen MR) is 125 cm³/mol. The summed E-state index contributed by atoms with van der Waals surface area (Å²) >= 11 is 1.53. The molecule has 0 aliphatic carbocycles. The van der Waals surface area contributed by atoms with E-state index in [0.717, 1.165) is 0 Å². The molecule has 0 spiro atoms. The Hall–Kier alpha value is -1.85. The van der Waals surface area contributed by atoms with Crippen LogP contribution >= 0.6 is 11.8 Å². The van der Waals surface area contributed by atoms with Gasteiger partial charge in [0.2, 0.25) is 17.7 Å². The SMILES string of the molecule is CSCCC(N)C(=O)NC(C(=O)NC(CC(C)C)C(=O)NC(CC(C)C)C(=O)O)C(C)O. The zero-order valence-electron chi connectivity index (χ0n) is 19.9. The molecular formula is C21H40N4O6S. The van der Waals surface area contributed by atoms with E-state index >= 15 is 0 Å². The Bertz CT molecular complexity index is 629. The third kappa shape index (κ3) is 11.7. The fourth-order valence-corrected chi connectivity index (χ4v) is 3.46. The van der Waals surface area contributed by atoms with Crippen molar-refractivity contribution in [3.05, 3.63) is 0 Å². The van der Waals surface area contributed by atoms with Crippen LogP contribution in [0.4, 0.5) is 0 Å². The van der Waals surface area contributed by atoms with E-state index in [4.69, 9.17) is 5.73 Å². The molecule has 0 aliphatic rings. The number of hydrogen-bond acceptors (Lipinski definition) is 7. The van der Waals surface area contributed by atoms with Crippen molar-refractivity contribution in [3.8, 4) is 0 Å². The third-order valence-electron chi connectivity index (χ3n) is 4.69. The Morgan fingerprint density at radius 2 is 1.34 bits per heavy atom. The van der Waals surface area contributed by atoms with Gasteiger partial charge in [-0.3, -0.25) is 14.4 Å². The molecule has 186 valence electrons. The summed E-state index contributed by atoms with van der Waals surface area (Å²) in [5.41, 5.74) is 5.83. The average molecular weight is 477 g/mol. The Morgan fingerprint density at radius 3 is 1.78 bits per heavy atom. The maximum Gasteiger partial charge on any atom is 0.326 e. The van der Waals surface area contributed by atoms with Crippen LogP contribution in [-0.2, 0) is 19.2 Å². The summed E-state index contributed by atoms with van der Waals surface area (Å²) in [5, 5.41) is 26.9. The molecule has 7 N–H and O–H groups in total. The molecule has 5 unspecified atom stereocenters. The van der Waals surface area contributed by atoms with Crippen LogP contribution in [0, 0.1) is 11.8 Å². The molecule has 0 saturated heterocycles. The van der Waals surface area contributed by atoms with E-state index in [1.807, 2.05) is 34.0 Å². The first-order chi connectivity index (χ1) is 14.8. The van der Waals surface area contributed by atoms with E-state index in [0.29, 0.717) is 12.2 Å². The van der Waals surface area contributed by atoms with Crippen molar-refractivity contribution in [2.45, 2.75) is 84.2 Å². The molecule has 32 heavy (non-hydrogen) atoms. The van der Waals surface area contributed by atoms with Crippen molar-refractivity contribution in [2.24, 2.45) is 17.6 Å². The summed E-state index contributed by atoms with van der Waals surface area (Å²) in [6.07, 6.45) is 1.55. The van der Waals surface area contributed by atoms with E-state index in [1.165, 1.54) is 18.7 Å². The maximum absolute atomic E-state index is 12.8. The molecule has 0 aliphatic heterocycles. The Morgan fingerprint density at radius 1 is 0.844 bits per heavy atom. The molecule has 5 atom stereocenters. The number of nitrogens with one attached hydrogen (secondary N) is 3. The molecular weight excluding hydrogens is 436 g/mol. The van der Waals surface area contributed by atoms with Gasteiger partial charge in [-0.2, -0.15) is 11.8 Å². The number of rotatable bonds is 15. The van der Waals surface area contributed by atoms with E-state index < -0.39 is 54.0 Å². The minimum absolute atomic E-state index is 0.0129. The molecule has 0 radical (unpaired) electrons. The van der Waals surface area contributed by atoms with Crippen LogP contribution in [0.3, 0.4) is 0 Å². The highest BCUT2D eigenvalue weighted by Crippen LogP contribution is 2.10.